The van der Waals surface area contributed by atoms with Gasteiger partial charge >= 0.3 is 6.03 Å². The van der Waals surface area contributed by atoms with Crippen LogP contribution in [0.2, 0.25) is 10.0 Å². The monoisotopic (exact) mass is 328 g/mol. The summed E-state index contributed by atoms with van der Waals surface area (Å²) in [5.41, 5.74) is 6.35. The predicted molar refractivity (Wildman–Crippen MR) is 80.7 cm³/mol. The topological polar surface area (TPSA) is 78.7 Å². The molecule has 6 nitrogen and oxygen atoms in total. The molecule has 1 aromatic rings. The van der Waals surface area contributed by atoms with Crippen LogP contribution in [-0.4, -0.2) is 54.0 Å². The first-order valence-electron chi connectivity index (χ1n) is 6.55. The zero-order valence-corrected chi connectivity index (χ0v) is 12.6. The summed E-state index contributed by atoms with van der Waals surface area (Å²) in [6.45, 7) is 2.07. The van der Waals surface area contributed by atoms with E-state index in [2.05, 4.69) is 5.32 Å². The fourth-order valence-electron chi connectivity index (χ4n) is 2.68. The Morgan fingerprint density at radius 1 is 1.29 bits per heavy atom. The smallest absolute Gasteiger partial charge is 0.317 e. The van der Waals surface area contributed by atoms with Gasteiger partial charge in [0.25, 0.3) is 5.91 Å². The molecule has 8 heteroatoms. The van der Waals surface area contributed by atoms with Crippen molar-refractivity contribution < 1.29 is 9.59 Å². The number of nitrogens with one attached hydrogen (secondary N) is 1. The van der Waals surface area contributed by atoms with Crippen LogP contribution in [0.15, 0.2) is 12.1 Å². The Morgan fingerprint density at radius 3 is 2.62 bits per heavy atom. The fraction of sp³-hybridized carbons (Fsp3) is 0.385. The number of carbonyl (C=O) groups excluding carboxylic acids is 2. The highest BCUT2D eigenvalue weighted by Crippen LogP contribution is 2.29. The molecule has 1 aromatic carbocycles. The van der Waals surface area contributed by atoms with Crippen molar-refractivity contribution in [3.05, 3.63) is 27.7 Å². The van der Waals surface area contributed by atoms with E-state index >= 15 is 0 Å². The van der Waals surface area contributed by atoms with E-state index in [1.807, 2.05) is 0 Å². The standard InChI is InChI=1S/C13H14Cl2N4O2/c14-9-3-7(4-10(15)11(9)16)12(20)18-1-2-19-8(6-18)5-17-13(19)21/h3-4,8H,1-2,5-6,16H2,(H,17,21). The van der Waals surface area contributed by atoms with Crippen molar-refractivity contribution in [1.29, 1.82) is 0 Å². The van der Waals surface area contributed by atoms with E-state index in [-0.39, 0.29) is 33.7 Å². The van der Waals surface area contributed by atoms with Gasteiger partial charge in [-0.1, -0.05) is 23.2 Å². The minimum atomic E-state index is -0.155. The van der Waals surface area contributed by atoms with Crippen LogP contribution in [0.1, 0.15) is 10.4 Å². The van der Waals surface area contributed by atoms with E-state index in [1.54, 1.807) is 9.80 Å². The number of carbonyl (C=O) groups is 2. The first-order chi connectivity index (χ1) is 9.97. The van der Waals surface area contributed by atoms with Crippen LogP contribution in [0.25, 0.3) is 0 Å². The molecule has 1 unspecified atom stereocenters. The van der Waals surface area contributed by atoms with Gasteiger partial charge in [-0.25, -0.2) is 4.79 Å². The van der Waals surface area contributed by atoms with E-state index in [1.165, 1.54) is 12.1 Å². The zero-order chi connectivity index (χ0) is 15.1. The molecular formula is C13H14Cl2N4O2. The number of nitrogen functional groups attached to an aromatic ring is 1. The Labute approximate surface area is 131 Å². The molecule has 2 fully saturated rings. The normalized spacial score (nSPS) is 21.2. The van der Waals surface area contributed by atoms with Crippen LogP contribution in [-0.2, 0) is 0 Å². The Hall–Kier alpha value is -1.66. The van der Waals surface area contributed by atoms with Gasteiger partial charge in [-0.05, 0) is 12.1 Å². The summed E-state index contributed by atoms with van der Waals surface area (Å²) < 4.78 is 0. The quantitative estimate of drug-likeness (QED) is 0.765. The molecule has 0 spiro atoms. The number of urea groups is 1. The third-order valence-electron chi connectivity index (χ3n) is 3.85. The van der Waals surface area contributed by atoms with Crippen LogP contribution in [0.4, 0.5) is 10.5 Å². The van der Waals surface area contributed by atoms with Crippen molar-refractivity contribution in [2.75, 3.05) is 31.9 Å². The lowest BCUT2D eigenvalue weighted by molar-refractivity contribution is 0.0617. The van der Waals surface area contributed by atoms with Gasteiger partial charge in [-0.2, -0.15) is 0 Å². The molecule has 0 bridgehead atoms. The van der Waals surface area contributed by atoms with Crippen LogP contribution in [0, 0.1) is 0 Å². The van der Waals surface area contributed by atoms with Crippen LogP contribution in [0.5, 0.6) is 0 Å². The van der Waals surface area contributed by atoms with Gasteiger partial charge in [0.05, 0.1) is 21.8 Å². The van der Waals surface area contributed by atoms with E-state index in [0.29, 0.717) is 31.7 Å². The molecule has 3 rings (SSSR count). The van der Waals surface area contributed by atoms with E-state index in [9.17, 15) is 9.59 Å². The fourth-order valence-corrected chi connectivity index (χ4v) is 3.17. The number of anilines is 1. The average Bonchev–Trinajstić information content (AvgIpc) is 2.84. The molecule has 0 radical (unpaired) electrons. The summed E-state index contributed by atoms with van der Waals surface area (Å²) >= 11 is 11.9. The highest BCUT2D eigenvalue weighted by Gasteiger charge is 2.37. The van der Waals surface area contributed by atoms with Gasteiger partial charge in [0.15, 0.2) is 0 Å². The average molecular weight is 329 g/mol. The molecule has 21 heavy (non-hydrogen) atoms. The van der Waals surface area contributed by atoms with Gasteiger partial charge in [0.1, 0.15) is 0 Å². The molecule has 3 amide bonds. The first-order valence-corrected chi connectivity index (χ1v) is 7.31. The maximum Gasteiger partial charge on any atom is 0.317 e. The second kappa shape index (κ2) is 5.27. The number of hydrogen-bond acceptors (Lipinski definition) is 3. The van der Waals surface area contributed by atoms with Gasteiger partial charge in [-0.3, -0.25) is 4.79 Å². The Bertz CT molecular complexity index is 599. The number of nitrogens with two attached hydrogens (primary N) is 1. The molecule has 2 aliphatic rings. The third kappa shape index (κ3) is 2.49. The summed E-state index contributed by atoms with van der Waals surface area (Å²) in [5.74, 6) is -0.155. The number of halogens is 2. The van der Waals surface area contributed by atoms with Crippen molar-refractivity contribution in [3.8, 4) is 0 Å². The summed E-state index contributed by atoms with van der Waals surface area (Å²) in [5, 5.41) is 3.31. The highest BCUT2D eigenvalue weighted by molar-refractivity contribution is 6.39. The number of piperazine rings is 1. The minimum Gasteiger partial charge on any atom is -0.396 e. The Morgan fingerprint density at radius 2 is 1.95 bits per heavy atom. The summed E-state index contributed by atoms with van der Waals surface area (Å²) in [7, 11) is 0. The molecule has 112 valence electrons. The summed E-state index contributed by atoms with van der Waals surface area (Å²) in [4.78, 5) is 27.5. The highest BCUT2D eigenvalue weighted by atomic mass is 35.5. The zero-order valence-electron chi connectivity index (χ0n) is 11.1. The van der Waals surface area contributed by atoms with E-state index in [0.717, 1.165) is 0 Å². The summed E-state index contributed by atoms with van der Waals surface area (Å²) in [6, 6.07) is 3.01. The third-order valence-corrected chi connectivity index (χ3v) is 4.47. The molecule has 2 aliphatic heterocycles. The van der Waals surface area contributed by atoms with Gasteiger partial charge in [0.2, 0.25) is 0 Å². The van der Waals surface area contributed by atoms with Crippen molar-refractivity contribution in [2.45, 2.75) is 6.04 Å². The van der Waals surface area contributed by atoms with Crippen molar-refractivity contribution >= 4 is 40.8 Å². The molecular weight excluding hydrogens is 315 g/mol. The molecule has 1 atom stereocenters. The molecule has 2 heterocycles. The van der Waals surface area contributed by atoms with Crippen molar-refractivity contribution in [1.82, 2.24) is 15.1 Å². The lowest BCUT2D eigenvalue weighted by Crippen LogP contribution is -2.53. The van der Waals surface area contributed by atoms with Crippen molar-refractivity contribution in [3.63, 3.8) is 0 Å². The van der Waals surface area contributed by atoms with Crippen LogP contribution in [0.3, 0.4) is 0 Å². The molecule has 0 saturated carbocycles. The Kier molecular flexibility index (Phi) is 3.59. The van der Waals surface area contributed by atoms with Crippen molar-refractivity contribution in [2.24, 2.45) is 0 Å². The predicted octanol–water partition coefficient (Wildman–Crippen LogP) is 1.43. The second-order valence-electron chi connectivity index (χ2n) is 5.14. The van der Waals surface area contributed by atoms with Gasteiger partial charge in [0, 0.05) is 31.7 Å². The molecule has 2 saturated heterocycles. The second-order valence-corrected chi connectivity index (χ2v) is 5.95. The van der Waals surface area contributed by atoms with E-state index < -0.39 is 0 Å². The van der Waals surface area contributed by atoms with Gasteiger partial charge in [-0.15, -0.1) is 0 Å². The van der Waals surface area contributed by atoms with E-state index in [4.69, 9.17) is 28.9 Å². The number of hydrogen-bond donors (Lipinski definition) is 2. The SMILES string of the molecule is Nc1c(Cl)cc(C(=O)N2CCN3C(=O)NCC3C2)cc1Cl. The molecule has 3 N–H and O–H groups in total. The number of benzene rings is 1. The van der Waals surface area contributed by atoms with Crippen LogP contribution < -0.4 is 11.1 Å². The minimum absolute atomic E-state index is 0.0231. The van der Waals surface area contributed by atoms with Gasteiger partial charge < -0.3 is 20.9 Å². The number of rotatable bonds is 1. The maximum absolute atomic E-state index is 12.5. The summed E-state index contributed by atoms with van der Waals surface area (Å²) in [6.07, 6.45) is 0. The molecule has 0 aliphatic carbocycles. The maximum atomic E-state index is 12.5. The lowest BCUT2D eigenvalue weighted by Gasteiger charge is -2.36. The Balaban J connectivity index is 1.79. The van der Waals surface area contributed by atoms with Crippen LogP contribution >= 0.6 is 23.2 Å². The number of fused-ring (bicyclic) bond motifs is 1. The number of amides is 3. The first kappa shape index (κ1) is 14.3. The lowest BCUT2D eigenvalue weighted by atomic mass is 10.1. The number of nitrogens with zero attached hydrogens (tertiary/aromatic N) is 2. The largest absolute Gasteiger partial charge is 0.396 e. The molecule has 0 aromatic heterocycles.